The molecule has 0 amide bonds. The number of nitrogens with zero attached hydrogens (tertiary/aromatic N) is 3. The van der Waals surface area contributed by atoms with Crippen molar-refractivity contribution < 1.29 is 0 Å². The zero-order valence-electron chi connectivity index (χ0n) is 39.6. The Morgan fingerprint density at radius 3 is 1.19 bits per heavy atom. The number of benzene rings is 12. The fraction of sp³-hybridized carbons (Fsp3) is 0. The van der Waals surface area contributed by atoms with Crippen molar-refractivity contribution >= 4 is 136 Å². The maximum atomic E-state index is 2.43. The fourth-order valence-electron chi connectivity index (χ4n) is 10.7. The molecule has 0 saturated heterocycles. The van der Waals surface area contributed by atoms with E-state index in [0.29, 0.717) is 0 Å². The van der Waals surface area contributed by atoms with Crippen molar-refractivity contribution in [3.05, 3.63) is 273 Å². The van der Waals surface area contributed by atoms with E-state index in [9.17, 15) is 0 Å². The molecule has 14 aromatic rings. The Hall–Kier alpha value is -9.00. The minimum absolute atomic E-state index is 1.07. The normalized spacial score (nSPS) is 11.6. The number of anilines is 9. The molecular weight excluding hydrogens is 923 g/mol. The molecule has 73 heavy (non-hydrogen) atoms. The molecular formula is C68H45N3S2. The highest BCUT2D eigenvalue weighted by Crippen LogP contribution is 2.46. The molecule has 0 aliphatic heterocycles. The Kier molecular flexibility index (Phi) is 10.6. The smallest absolute Gasteiger partial charge is 0.0482 e. The Balaban J connectivity index is 0.878. The summed E-state index contributed by atoms with van der Waals surface area (Å²) >= 11 is 3.71. The van der Waals surface area contributed by atoms with E-state index < -0.39 is 0 Å². The number of fused-ring (bicyclic) bond motifs is 8. The molecule has 344 valence electrons. The first-order valence-corrected chi connectivity index (χ1v) is 26.3. The number of hydrogen-bond acceptors (Lipinski definition) is 5. The van der Waals surface area contributed by atoms with Crippen LogP contribution in [-0.4, -0.2) is 0 Å². The molecule has 0 radical (unpaired) electrons. The van der Waals surface area contributed by atoms with E-state index in [1.807, 2.05) is 22.7 Å². The molecule has 0 aliphatic rings. The van der Waals surface area contributed by atoms with Gasteiger partial charge in [-0.15, -0.1) is 22.7 Å². The number of rotatable bonds is 10. The molecule has 12 aromatic carbocycles. The Morgan fingerprint density at radius 2 is 0.589 bits per heavy atom. The second kappa shape index (κ2) is 18.0. The lowest BCUT2D eigenvalue weighted by molar-refractivity contribution is 1.25. The van der Waals surface area contributed by atoms with Crippen LogP contribution in [0.1, 0.15) is 0 Å². The van der Waals surface area contributed by atoms with Crippen LogP contribution in [0.5, 0.6) is 0 Å². The van der Waals surface area contributed by atoms with Crippen molar-refractivity contribution in [1.82, 2.24) is 0 Å². The summed E-state index contributed by atoms with van der Waals surface area (Å²) in [6.45, 7) is 0. The predicted octanol–water partition coefficient (Wildman–Crippen LogP) is 20.8. The third-order valence-corrected chi connectivity index (χ3v) is 16.4. The third-order valence-electron chi connectivity index (χ3n) is 14.1. The number of hydrogen-bond donors (Lipinski definition) is 0. The zero-order valence-corrected chi connectivity index (χ0v) is 41.3. The van der Waals surface area contributed by atoms with Crippen LogP contribution >= 0.6 is 22.7 Å². The highest BCUT2D eigenvalue weighted by atomic mass is 32.1. The topological polar surface area (TPSA) is 9.72 Å². The number of thiophene rings is 2. The summed E-state index contributed by atoms with van der Waals surface area (Å²) in [6.07, 6.45) is 0. The summed E-state index contributed by atoms with van der Waals surface area (Å²) in [4.78, 5) is 7.17. The first-order chi connectivity index (χ1) is 36.1. The highest BCUT2D eigenvalue weighted by molar-refractivity contribution is 7.26. The van der Waals surface area contributed by atoms with Gasteiger partial charge in [-0.3, -0.25) is 0 Å². The van der Waals surface area contributed by atoms with Gasteiger partial charge >= 0.3 is 0 Å². The molecule has 3 nitrogen and oxygen atoms in total. The minimum Gasteiger partial charge on any atom is -0.310 e. The van der Waals surface area contributed by atoms with E-state index in [0.717, 1.165) is 56.7 Å². The van der Waals surface area contributed by atoms with Gasteiger partial charge in [-0.05, 0) is 160 Å². The van der Waals surface area contributed by atoms with Crippen molar-refractivity contribution in [3.8, 4) is 11.1 Å². The van der Waals surface area contributed by atoms with E-state index in [1.165, 1.54) is 67.5 Å². The summed E-state index contributed by atoms with van der Waals surface area (Å²) in [5, 5.41) is 9.95. The average Bonchev–Trinajstić information content (AvgIpc) is 4.02. The first kappa shape index (κ1) is 42.8. The lowest BCUT2D eigenvalue weighted by Gasteiger charge is -2.30. The lowest BCUT2D eigenvalue weighted by Crippen LogP contribution is -2.13. The maximum absolute atomic E-state index is 2.43. The molecule has 0 atom stereocenters. The molecule has 0 unspecified atom stereocenters. The SMILES string of the molecule is c1ccc(N(c2cccc(N(c3cccc(-c4ccc5c(c4)sc4ccc(N(c6ccccc6)c6ccc7ccccc7c6)cc45)c3)c3ccc4sc5ccccc5c4c3)c2)c2ccc3ccccc3c2)cc1. The van der Waals surface area contributed by atoms with Gasteiger partial charge < -0.3 is 14.7 Å². The molecule has 0 N–H and O–H groups in total. The van der Waals surface area contributed by atoms with Gasteiger partial charge in [-0.1, -0.05) is 146 Å². The first-order valence-electron chi connectivity index (χ1n) is 24.7. The molecule has 2 heterocycles. The van der Waals surface area contributed by atoms with Crippen LogP contribution in [0.15, 0.2) is 273 Å². The van der Waals surface area contributed by atoms with Gasteiger partial charge in [0.15, 0.2) is 0 Å². The van der Waals surface area contributed by atoms with Gasteiger partial charge in [0.2, 0.25) is 0 Å². The maximum Gasteiger partial charge on any atom is 0.0482 e. The summed E-state index contributed by atoms with van der Waals surface area (Å²) < 4.78 is 5.11. The summed E-state index contributed by atoms with van der Waals surface area (Å²) in [7, 11) is 0. The Morgan fingerprint density at radius 1 is 0.192 bits per heavy atom. The zero-order chi connectivity index (χ0) is 48.2. The van der Waals surface area contributed by atoms with Gasteiger partial charge in [0, 0.05) is 91.5 Å². The van der Waals surface area contributed by atoms with Gasteiger partial charge in [0.25, 0.3) is 0 Å². The van der Waals surface area contributed by atoms with Crippen molar-refractivity contribution in [3.63, 3.8) is 0 Å². The second-order valence-corrected chi connectivity index (χ2v) is 20.8. The Bertz CT molecular complexity index is 4370. The van der Waals surface area contributed by atoms with E-state index in [-0.39, 0.29) is 0 Å². The monoisotopic (exact) mass is 967 g/mol. The van der Waals surface area contributed by atoms with Gasteiger partial charge in [-0.2, -0.15) is 0 Å². The summed E-state index contributed by atoms with van der Waals surface area (Å²) in [5.41, 5.74) is 12.3. The van der Waals surface area contributed by atoms with Crippen LogP contribution in [-0.2, 0) is 0 Å². The van der Waals surface area contributed by atoms with Crippen molar-refractivity contribution in [2.24, 2.45) is 0 Å². The third kappa shape index (κ3) is 7.83. The Labute approximate surface area is 431 Å². The molecule has 2 aromatic heterocycles. The van der Waals surface area contributed by atoms with E-state index in [1.54, 1.807) is 0 Å². The second-order valence-electron chi connectivity index (χ2n) is 18.6. The van der Waals surface area contributed by atoms with E-state index >= 15 is 0 Å². The summed E-state index contributed by atoms with van der Waals surface area (Å²) in [5.74, 6) is 0. The molecule has 5 heteroatoms. The van der Waals surface area contributed by atoms with Crippen molar-refractivity contribution in [2.75, 3.05) is 14.7 Å². The van der Waals surface area contributed by atoms with E-state index in [2.05, 4.69) is 288 Å². The fourth-order valence-corrected chi connectivity index (χ4v) is 12.9. The average molecular weight is 968 g/mol. The van der Waals surface area contributed by atoms with E-state index in [4.69, 9.17) is 0 Å². The molecule has 0 saturated carbocycles. The van der Waals surface area contributed by atoms with Gasteiger partial charge in [0.05, 0.1) is 0 Å². The van der Waals surface area contributed by atoms with Crippen LogP contribution in [0.4, 0.5) is 51.2 Å². The van der Waals surface area contributed by atoms with Crippen LogP contribution in [0, 0.1) is 0 Å². The van der Waals surface area contributed by atoms with Crippen LogP contribution in [0.2, 0.25) is 0 Å². The summed E-state index contributed by atoms with van der Waals surface area (Å²) in [6, 6.07) is 99.8. The number of para-hydroxylation sites is 2. The minimum atomic E-state index is 1.07. The van der Waals surface area contributed by atoms with Crippen LogP contribution in [0.25, 0.3) is 73.0 Å². The van der Waals surface area contributed by atoms with Gasteiger partial charge in [-0.25, -0.2) is 0 Å². The quantitative estimate of drug-likeness (QED) is 0.135. The molecule has 0 fully saturated rings. The van der Waals surface area contributed by atoms with Crippen molar-refractivity contribution in [1.29, 1.82) is 0 Å². The molecule has 0 aliphatic carbocycles. The largest absolute Gasteiger partial charge is 0.310 e. The predicted molar refractivity (Wildman–Crippen MR) is 317 cm³/mol. The van der Waals surface area contributed by atoms with Crippen molar-refractivity contribution in [2.45, 2.75) is 0 Å². The molecule has 0 spiro atoms. The highest BCUT2D eigenvalue weighted by Gasteiger charge is 2.21. The van der Waals surface area contributed by atoms with Crippen LogP contribution < -0.4 is 14.7 Å². The van der Waals surface area contributed by atoms with Gasteiger partial charge in [0.1, 0.15) is 0 Å². The molecule has 14 rings (SSSR count). The van der Waals surface area contributed by atoms with Crippen LogP contribution in [0.3, 0.4) is 0 Å². The lowest BCUT2D eigenvalue weighted by atomic mass is 10.0. The molecule has 0 bridgehead atoms. The standard InChI is InChI=1S/C68H45N3S2/c1-3-20-52(21-4-1)69(57-32-29-46-15-7-9-17-48(46)39-57)55-25-14-26-56(43-55)71(60-35-37-66-63(45-60)61-27-11-12-28-65(61)72-66)54-24-13-19-50(41-54)51-31-36-62-64-44-59(34-38-67(64)73-68(62)42-51)70(53-22-5-2-6-23-53)58-33-30-47-16-8-10-18-49(47)40-58/h1-45H.